The molecule has 13 heavy (non-hydrogen) atoms. The van der Waals surface area contributed by atoms with Crippen LogP contribution in [0, 0.1) is 0 Å². The van der Waals surface area contributed by atoms with Crippen molar-refractivity contribution in [1.82, 2.24) is 0 Å². The number of hydrogen-bond donors (Lipinski definition) is 3. The standard InChI is InChI=1S/C8H10BrNO3/c9-6-3-5(1-2-13-10)4-7(11)8(6)12/h3-4,11-12H,1-2,10H2. The first-order chi connectivity index (χ1) is 6.15. The number of hydrogen-bond acceptors (Lipinski definition) is 4. The van der Waals surface area contributed by atoms with Crippen LogP contribution in [0.25, 0.3) is 0 Å². The fourth-order valence-electron chi connectivity index (χ4n) is 0.960. The summed E-state index contributed by atoms with van der Waals surface area (Å²) >= 11 is 3.11. The molecule has 4 nitrogen and oxygen atoms in total. The van der Waals surface area contributed by atoms with Gasteiger partial charge in [-0.1, -0.05) is 0 Å². The molecule has 1 rings (SSSR count). The van der Waals surface area contributed by atoms with Crippen LogP contribution in [0.15, 0.2) is 16.6 Å². The number of rotatable bonds is 3. The molecule has 4 N–H and O–H groups in total. The zero-order valence-corrected chi connectivity index (χ0v) is 8.41. The molecule has 0 fully saturated rings. The molecule has 0 aliphatic rings. The third kappa shape index (κ3) is 2.58. The SMILES string of the molecule is NOCCc1cc(O)c(O)c(Br)c1. The number of nitrogens with two attached hydrogens (primary N) is 1. The minimum atomic E-state index is -0.155. The van der Waals surface area contributed by atoms with Crippen molar-refractivity contribution in [3.05, 3.63) is 22.2 Å². The summed E-state index contributed by atoms with van der Waals surface area (Å²) < 4.78 is 0.458. The Labute approximate surface area is 84.0 Å². The first-order valence-electron chi connectivity index (χ1n) is 3.67. The molecule has 0 spiro atoms. The largest absolute Gasteiger partial charge is 0.504 e. The van der Waals surface area contributed by atoms with Gasteiger partial charge < -0.3 is 15.1 Å². The molecule has 72 valence electrons. The van der Waals surface area contributed by atoms with Crippen molar-refractivity contribution in [3.8, 4) is 11.5 Å². The molecule has 0 radical (unpaired) electrons. The molecule has 1 aromatic rings. The Morgan fingerprint density at radius 3 is 2.62 bits per heavy atom. The van der Waals surface area contributed by atoms with Crippen molar-refractivity contribution >= 4 is 15.9 Å². The van der Waals surface area contributed by atoms with Gasteiger partial charge >= 0.3 is 0 Å². The van der Waals surface area contributed by atoms with Gasteiger partial charge in [-0.25, -0.2) is 5.90 Å². The summed E-state index contributed by atoms with van der Waals surface area (Å²) in [6, 6.07) is 3.17. The fraction of sp³-hybridized carbons (Fsp3) is 0.250. The topological polar surface area (TPSA) is 75.7 Å². The van der Waals surface area contributed by atoms with Crippen molar-refractivity contribution in [2.75, 3.05) is 6.61 Å². The molecule has 0 heterocycles. The van der Waals surface area contributed by atoms with Gasteiger partial charge in [-0.15, -0.1) is 0 Å². The van der Waals surface area contributed by atoms with Crippen LogP contribution < -0.4 is 5.90 Å². The van der Waals surface area contributed by atoms with Crippen LogP contribution in [-0.2, 0) is 11.3 Å². The van der Waals surface area contributed by atoms with Gasteiger partial charge in [-0.3, -0.25) is 0 Å². The molecule has 5 heteroatoms. The third-order valence-electron chi connectivity index (χ3n) is 1.61. The lowest BCUT2D eigenvalue weighted by molar-refractivity contribution is 0.141. The lowest BCUT2D eigenvalue weighted by Gasteiger charge is -2.04. The molecule has 0 aliphatic heterocycles. The summed E-state index contributed by atoms with van der Waals surface area (Å²) in [6.45, 7) is 0.372. The van der Waals surface area contributed by atoms with Crippen LogP contribution in [0.1, 0.15) is 5.56 Å². The van der Waals surface area contributed by atoms with Crippen molar-refractivity contribution in [1.29, 1.82) is 0 Å². The normalized spacial score (nSPS) is 10.3. The summed E-state index contributed by atoms with van der Waals surface area (Å²) in [7, 11) is 0. The van der Waals surface area contributed by atoms with E-state index in [1.165, 1.54) is 6.07 Å². The molecule has 0 aliphatic carbocycles. The minimum absolute atomic E-state index is 0.151. The van der Waals surface area contributed by atoms with E-state index >= 15 is 0 Å². The van der Waals surface area contributed by atoms with E-state index in [1.54, 1.807) is 6.07 Å². The highest BCUT2D eigenvalue weighted by Crippen LogP contribution is 2.34. The van der Waals surface area contributed by atoms with Crippen molar-refractivity contribution in [3.63, 3.8) is 0 Å². The van der Waals surface area contributed by atoms with Gasteiger partial charge in [-0.2, -0.15) is 0 Å². The van der Waals surface area contributed by atoms with Crippen LogP contribution in [0.4, 0.5) is 0 Å². The maximum Gasteiger partial charge on any atom is 0.171 e. The zero-order chi connectivity index (χ0) is 9.84. The summed E-state index contributed by atoms with van der Waals surface area (Å²) in [6.07, 6.45) is 0.586. The molecule has 0 bridgehead atoms. The first-order valence-corrected chi connectivity index (χ1v) is 4.46. The van der Waals surface area contributed by atoms with E-state index in [4.69, 9.17) is 5.90 Å². The minimum Gasteiger partial charge on any atom is -0.504 e. The zero-order valence-electron chi connectivity index (χ0n) is 6.83. The van der Waals surface area contributed by atoms with E-state index in [0.717, 1.165) is 5.56 Å². The lowest BCUT2D eigenvalue weighted by atomic mass is 10.1. The van der Waals surface area contributed by atoms with Gasteiger partial charge in [0.05, 0.1) is 11.1 Å². The summed E-state index contributed by atoms with van der Waals surface area (Å²) in [5.74, 6) is 4.55. The highest BCUT2D eigenvalue weighted by atomic mass is 79.9. The quantitative estimate of drug-likeness (QED) is 0.556. The van der Waals surface area contributed by atoms with Gasteiger partial charge in [0.1, 0.15) is 0 Å². The Hall–Kier alpha value is -0.780. The molecular weight excluding hydrogens is 238 g/mol. The highest BCUT2D eigenvalue weighted by Gasteiger charge is 2.06. The smallest absolute Gasteiger partial charge is 0.171 e. The summed E-state index contributed by atoms with van der Waals surface area (Å²) in [5.41, 5.74) is 0.840. The van der Waals surface area contributed by atoms with Gasteiger partial charge in [0, 0.05) is 0 Å². The average Bonchev–Trinajstić information content (AvgIpc) is 2.10. The molecule has 0 unspecified atom stereocenters. The number of benzene rings is 1. The van der Waals surface area contributed by atoms with E-state index in [9.17, 15) is 10.2 Å². The van der Waals surface area contributed by atoms with Gasteiger partial charge in [0.2, 0.25) is 0 Å². The fourth-order valence-corrected chi connectivity index (χ4v) is 1.46. The van der Waals surface area contributed by atoms with E-state index < -0.39 is 0 Å². The Kier molecular flexibility index (Phi) is 3.53. The lowest BCUT2D eigenvalue weighted by Crippen LogP contribution is -2.03. The van der Waals surface area contributed by atoms with Crippen LogP contribution in [0.5, 0.6) is 11.5 Å². The second kappa shape index (κ2) is 4.45. The maximum atomic E-state index is 9.23. The predicted molar refractivity (Wildman–Crippen MR) is 51.3 cm³/mol. The van der Waals surface area contributed by atoms with E-state index in [0.29, 0.717) is 17.5 Å². The van der Waals surface area contributed by atoms with Crippen LogP contribution in [0.3, 0.4) is 0 Å². The second-order valence-electron chi connectivity index (χ2n) is 2.57. The molecular formula is C8H10BrNO3. The molecule has 0 amide bonds. The number of aromatic hydroxyl groups is 2. The monoisotopic (exact) mass is 247 g/mol. The number of phenols is 2. The van der Waals surface area contributed by atoms with Crippen LogP contribution >= 0.6 is 15.9 Å². The Balaban J connectivity index is 2.86. The van der Waals surface area contributed by atoms with Crippen LogP contribution in [-0.4, -0.2) is 16.8 Å². The molecule has 1 aromatic carbocycles. The van der Waals surface area contributed by atoms with Gasteiger partial charge in [0.25, 0.3) is 0 Å². The van der Waals surface area contributed by atoms with Gasteiger partial charge in [0.15, 0.2) is 11.5 Å². The van der Waals surface area contributed by atoms with Crippen LogP contribution in [0.2, 0.25) is 0 Å². The van der Waals surface area contributed by atoms with Gasteiger partial charge in [-0.05, 0) is 40.0 Å². The average molecular weight is 248 g/mol. The highest BCUT2D eigenvalue weighted by molar-refractivity contribution is 9.10. The third-order valence-corrected chi connectivity index (χ3v) is 2.22. The first kappa shape index (κ1) is 10.3. The van der Waals surface area contributed by atoms with Crippen molar-refractivity contribution in [2.45, 2.75) is 6.42 Å². The Morgan fingerprint density at radius 2 is 2.08 bits per heavy atom. The predicted octanol–water partition coefficient (Wildman–Crippen LogP) is 1.29. The van der Waals surface area contributed by atoms with E-state index in [1.807, 2.05) is 0 Å². The second-order valence-corrected chi connectivity index (χ2v) is 3.42. The molecule has 0 saturated heterocycles. The van der Waals surface area contributed by atoms with Crippen molar-refractivity contribution < 1.29 is 15.1 Å². The number of phenolic OH excluding ortho intramolecular Hbond substituents is 2. The van der Waals surface area contributed by atoms with Crippen molar-refractivity contribution in [2.24, 2.45) is 5.90 Å². The van der Waals surface area contributed by atoms with E-state index in [-0.39, 0.29) is 11.5 Å². The number of halogens is 1. The summed E-state index contributed by atoms with van der Waals surface area (Å²) in [4.78, 5) is 4.40. The molecule has 0 aromatic heterocycles. The molecule has 0 atom stereocenters. The maximum absolute atomic E-state index is 9.23. The Bertz CT molecular complexity index is 280. The van der Waals surface area contributed by atoms with E-state index in [2.05, 4.69) is 20.8 Å². The summed E-state index contributed by atoms with van der Waals surface area (Å²) in [5, 5.41) is 18.4. The Morgan fingerprint density at radius 1 is 1.38 bits per heavy atom. The molecule has 0 saturated carbocycles.